The molecule has 3 rings (SSSR count). The fourth-order valence-electron chi connectivity index (χ4n) is 2.96. The van der Waals surface area contributed by atoms with Crippen molar-refractivity contribution >= 4 is 22.7 Å². The number of H-pyrrole nitrogens is 1. The third-order valence-corrected chi connectivity index (χ3v) is 5.37. The number of rotatable bonds is 4. The van der Waals surface area contributed by atoms with Crippen molar-refractivity contribution < 1.29 is 0 Å². The Labute approximate surface area is 128 Å². The number of nitrogens with zero attached hydrogens (tertiary/aromatic N) is 1. The van der Waals surface area contributed by atoms with E-state index < -0.39 is 0 Å². The fourth-order valence-corrected chi connectivity index (χ4v) is 3.71. The van der Waals surface area contributed by atoms with Gasteiger partial charge in [0.15, 0.2) is 0 Å². The molecule has 4 nitrogen and oxygen atoms in total. The molecule has 0 amide bonds. The highest BCUT2D eigenvalue weighted by Crippen LogP contribution is 2.26. The van der Waals surface area contributed by atoms with E-state index in [4.69, 9.17) is 0 Å². The number of thioether (sulfide) groups is 1. The Morgan fingerprint density at radius 2 is 2.05 bits per heavy atom. The largest absolute Gasteiger partial charge is 0.309 e. The molecule has 21 heavy (non-hydrogen) atoms. The van der Waals surface area contributed by atoms with Crippen LogP contribution in [-0.4, -0.2) is 27.5 Å². The smallest absolute Gasteiger partial charge is 0.258 e. The van der Waals surface area contributed by atoms with E-state index in [-0.39, 0.29) is 5.56 Å². The van der Waals surface area contributed by atoms with Crippen LogP contribution >= 0.6 is 11.8 Å². The minimum Gasteiger partial charge on any atom is -0.309 e. The van der Waals surface area contributed by atoms with Gasteiger partial charge in [-0.15, -0.1) is 0 Å². The minimum absolute atomic E-state index is 0.0523. The Bertz CT molecular complexity index is 662. The van der Waals surface area contributed by atoms with Crippen molar-refractivity contribution in [1.82, 2.24) is 15.3 Å². The summed E-state index contributed by atoms with van der Waals surface area (Å²) in [6.07, 6.45) is 7.18. The molecule has 0 unspecified atom stereocenters. The van der Waals surface area contributed by atoms with Crippen LogP contribution in [0.2, 0.25) is 0 Å². The molecule has 0 saturated heterocycles. The van der Waals surface area contributed by atoms with E-state index in [2.05, 4.69) is 21.5 Å². The van der Waals surface area contributed by atoms with E-state index in [0.717, 1.165) is 16.6 Å². The summed E-state index contributed by atoms with van der Waals surface area (Å²) in [5.74, 6) is 0.727. The molecule has 2 aromatic rings. The van der Waals surface area contributed by atoms with Crippen molar-refractivity contribution in [3.63, 3.8) is 0 Å². The second-order valence-corrected chi connectivity index (χ2v) is 6.76. The topological polar surface area (TPSA) is 57.8 Å². The lowest BCUT2D eigenvalue weighted by molar-refractivity contribution is 0.375. The van der Waals surface area contributed by atoms with Crippen LogP contribution in [0, 0.1) is 0 Å². The molecule has 0 spiro atoms. The highest BCUT2D eigenvalue weighted by Gasteiger charge is 2.20. The van der Waals surface area contributed by atoms with Gasteiger partial charge in [-0.1, -0.05) is 12.1 Å². The number of aromatic nitrogens is 2. The van der Waals surface area contributed by atoms with Crippen molar-refractivity contribution in [2.24, 2.45) is 0 Å². The van der Waals surface area contributed by atoms with Crippen LogP contribution in [0.3, 0.4) is 0 Å². The van der Waals surface area contributed by atoms with Gasteiger partial charge in [-0.3, -0.25) is 4.79 Å². The zero-order valence-electron chi connectivity index (χ0n) is 12.3. The molecule has 112 valence electrons. The number of benzene rings is 1. The number of fused-ring (bicyclic) bond motifs is 1. The lowest BCUT2D eigenvalue weighted by atomic mass is 9.95. The van der Waals surface area contributed by atoms with Crippen LogP contribution in [0.25, 0.3) is 10.9 Å². The average Bonchev–Trinajstić information content (AvgIpc) is 2.53. The molecular weight excluding hydrogens is 282 g/mol. The highest BCUT2D eigenvalue weighted by atomic mass is 32.2. The molecule has 0 atom stereocenters. The molecule has 5 heteroatoms. The summed E-state index contributed by atoms with van der Waals surface area (Å²) in [6.45, 7) is 0.634. The first kappa shape index (κ1) is 14.6. The monoisotopic (exact) mass is 303 g/mol. The summed E-state index contributed by atoms with van der Waals surface area (Å²) >= 11 is 1.98. The number of para-hydroxylation sites is 1. The molecule has 2 N–H and O–H groups in total. The Balaban J connectivity index is 1.65. The van der Waals surface area contributed by atoms with Gasteiger partial charge < -0.3 is 10.3 Å². The molecule has 1 aromatic heterocycles. The fraction of sp³-hybridized carbons (Fsp3) is 0.500. The standard InChI is InChI=1S/C16H21N3OS/c1-21-12-8-6-11(7-9-12)17-10-15-18-14-5-3-2-4-13(14)16(20)19-15/h2-5,11-12,17H,6-10H2,1H3,(H,18,19,20). The maximum atomic E-state index is 12.0. The SMILES string of the molecule is CSC1CCC(NCc2nc3ccccc3c(=O)[nH]2)CC1. The van der Waals surface area contributed by atoms with E-state index >= 15 is 0 Å². The predicted octanol–water partition coefficient (Wildman–Crippen LogP) is 2.69. The van der Waals surface area contributed by atoms with Gasteiger partial charge in [-0.2, -0.15) is 11.8 Å². The zero-order valence-corrected chi connectivity index (χ0v) is 13.1. The van der Waals surface area contributed by atoms with Crippen molar-refractivity contribution in [1.29, 1.82) is 0 Å². The molecule has 1 saturated carbocycles. The maximum absolute atomic E-state index is 12.0. The van der Waals surface area contributed by atoms with Gasteiger partial charge in [-0.25, -0.2) is 4.98 Å². The first-order valence-corrected chi connectivity index (χ1v) is 8.79. The Morgan fingerprint density at radius 1 is 1.29 bits per heavy atom. The molecule has 1 fully saturated rings. The Morgan fingerprint density at radius 3 is 2.81 bits per heavy atom. The van der Waals surface area contributed by atoms with Crippen molar-refractivity contribution in [2.75, 3.05) is 6.26 Å². The molecule has 1 aliphatic rings. The quantitative estimate of drug-likeness (QED) is 0.912. The lowest BCUT2D eigenvalue weighted by Crippen LogP contribution is -2.34. The maximum Gasteiger partial charge on any atom is 0.258 e. The van der Waals surface area contributed by atoms with Crippen molar-refractivity contribution in [2.45, 2.75) is 43.5 Å². The van der Waals surface area contributed by atoms with Gasteiger partial charge in [0, 0.05) is 11.3 Å². The average molecular weight is 303 g/mol. The number of hydrogen-bond donors (Lipinski definition) is 2. The summed E-state index contributed by atoms with van der Waals surface area (Å²) in [7, 11) is 0. The predicted molar refractivity (Wildman–Crippen MR) is 88.8 cm³/mol. The van der Waals surface area contributed by atoms with E-state index in [0.29, 0.717) is 18.0 Å². The molecular formula is C16H21N3OS. The van der Waals surface area contributed by atoms with Gasteiger partial charge in [0.05, 0.1) is 17.4 Å². The van der Waals surface area contributed by atoms with Gasteiger partial charge in [0.2, 0.25) is 0 Å². The second kappa shape index (κ2) is 6.62. The summed E-state index contributed by atoms with van der Waals surface area (Å²) in [4.78, 5) is 19.4. The molecule has 0 bridgehead atoms. The van der Waals surface area contributed by atoms with E-state index in [1.165, 1.54) is 25.7 Å². The molecule has 1 aliphatic carbocycles. The summed E-state index contributed by atoms with van der Waals surface area (Å²) in [5, 5.41) is 5.01. The minimum atomic E-state index is -0.0523. The van der Waals surface area contributed by atoms with Crippen LogP contribution in [0.15, 0.2) is 29.1 Å². The second-order valence-electron chi connectivity index (χ2n) is 5.62. The van der Waals surface area contributed by atoms with Crippen molar-refractivity contribution in [3.8, 4) is 0 Å². The third-order valence-electron chi connectivity index (χ3n) is 4.23. The van der Waals surface area contributed by atoms with Gasteiger partial charge in [0.25, 0.3) is 5.56 Å². The lowest BCUT2D eigenvalue weighted by Gasteiger charge is -2.28. The Kier molecular flexibility index (Phi) is 4.60. The number of aromatic amines is 1. The van der Waals surface area contributed by atoms with E-state index in [9.17, 15) is 4.79 Å². The van der Waals surface area contributed by atoms with Crippen LogP contribution in [0.4, 0.5) is 0 Å². The normalized spacial score (nSPS) is 22.5. The van der Waals surface area contributed by atoms with E-state index in [1.54, 1.807) is 0 Å². The molecule has 0 radical (unpaired) electrons. The first-order chi connectivity index (χ1) is 10.3. The van der Waals surface area contributed by atoms with Gasteiger partial charge >= 0.3 is 0 Å². The van der Waals surface area contributed by atoms with Crippen LogP contribution in [-0.2, 0) is 6.54 Å². The third kappa shape index (κ3) is 3.47. The van der Waals surface area contributed by atoms with Crippen LogP contribution < -0.4 is 10.9 Å². The van der Waals surface area contributed by atoms with Crippen LogP contribution in [0.1, 0.15) is 31.5 Å². The highest BCUT2D eigenvalue weighted by molar-refractivity contribution is 7.99. The Hall–Kier alpha value is -1.33. The number of hydrogen-bond acceptors (Lipinski definition) is 4. The molecule has 1 heterocycles. The summed E-state index contributed by atoms with van der Waals surface area (Å²) in [5.41, 5.74) is 0.715. The summed E-state index contributed by atoms with van der Waals surface area (Å²) < 4.78 is 0. The van der Waals surface area contributed by atoms with Crippen LogP contribution in [0.5, 0.6) is 0 Å². The summed E-state index contributed by atoms with van der Waals surface area (Å²) in [6, 6.07) is 8.02. The zero-order chi connectivity index (χ0) is 14.7. The molecule has 0 aliphatic heterocycles. The molecule has 1 aromatic carbocycles. The van der Waals surface area contributed by atoms with Gasteiger partial charge in [-0.05, 0) is 44.1 Å². The van der Waals surface area contributed by atoms with E-state index in [1.807, 2.05) is 36.0 Å². The number of nitrogens with one attached hydrogen (secondary N) is 2. The van der Waals surface area contributed by atoms with Crippen molar-refractivity contribution in [3.05, 3.63) is 40.4 Å². The first-order valence-electron chi connectivity index (χ1n) is 7.50. The van der Waals surface area contributed by atoms with Gasteiger partial charge in [0.1, 0.15) is 5.82 Å².